The lowest BCUT2D eigenvalue weighted by Gasteiger charge is -2.03. The van der Waals surface area contributed by atoms with Gasteiger partial charge in [0, 0.05) is 4.90 Å². The van der Waals surface area contributed by atoms with Gasteiger partial charge in [0.2, 0.25) is 0 Å². The summed E-state index contributed by atoms with van der Waals surface area (Å²) in [6.45, 7) is 0. The van der Waals surface area contributed by atoms with Crippen molar-refractivity contribution < 1.29 is 9.53 Å². The van der Waals surface area contributed by atoms with Crippen molar-refractivity contribution in [3.05, 3.63) is 35.9 Å². The average Bonchev–Trinajstić information content (AvgIpc) is 2.49. The van der Waals surface area contributed by atoms with Gasteiger partial charge in [0.25, 0.3) is 0 Å². The molecule has 2 rings (SSSR count). The van der Waals surface area contributed by atoms with Gasteiger partial charge in [-0.1, -0.05) is 12.1 Å². The molecular formula is C12H11NO2S. The van der Waals surface area contributed by atoms with Crippen LogP contribution in [0.15, 0.2) is 40.2 Å². The number of esters is 1. The molecular weight excluding hydrogens is 222 g/mol. The standard InChI is InChI=1S/C12H11NO2S/c1-15-12(14)10-4-2-3-8-5-6-9(16)7-11(8)13-10/h2,4-7,16H,3H2,1H3. The molecule has 0 amide bonds. The van der Waals surface area contributed by atoms with E-state index in [-0.39, 0.29) is 0 Å². The maximum atomic E-state index is 11.4. The molecule has 1 aliphatic heterocycles. The summed E-state index contributed by atoms with van der Waals surface area (Å²) in [5, 5.41) is 0. The summed E-state index contributed by atoms with van der Waals surface area (Å²) in [5.41, 5.74) is 2.17. The van der Waals surface area contributed by atoms with Gasteiger partial charge in [-0.25, -0.2) is 9.79 Å². The molecule has 0 bridgehead atoms. The molecule has 1 aliphatic rings. The van der Waals surface area contributed by atoms with Crippen LogP contribution in [-0.4, -0.2) is 18.8 Å². The van der Waals surface area contributed by atoms with Crippen LogP contribution in [0.2, 0.25) is 0 Å². The second-order valence-electron chi connectivity index (χ2n) is 3.41. The van der Waals surface area contributed by atoms with Gasteiger partial charge in [0.1, 0.15) is 5.71 Å². The number of benzene rings is 1. The van der Waals surface area contributed by atoms with Crippen LogP contribution in [-0.2, 0) is 16.0 Å². The van der Waals surface area contributed by atoms with E-state index in [1.807, 2.05) is 24.3 Å². The molecule has 0 aromatic heterocycles. The highest BCUT2D eigenvalue weighted by atomic mass is 32.1. The largest absolute Gasteiger partial charge is 0.464 e. The summed E-state index contributed by atoms with van der Waals surface area (Å²) in [6.07, 6.45) is 4.34. The van der Waals surface area contributed by atoms with Gasteiger partial charge in [-0.2, -0.15) is 0 Å². The fourth-order valence-corrected chi connectivity index (χ4v) is 1.71. The first kappa shape index (κ1) is 11.0. The normalized spacial score (nSPS) is 13.8. The summed E-state index contributed by atoms with van der Waals surface area (Å²) in [4.78, 5) is 16.5. The molecule has 0 saturated heterocycles. The average molecular weight is 233 g/mol. The van der Waals surface area contributed by atoms with Crippen LogP contribution in [0.5, 0.6) is 0 Å². The Labute approximate surface area is 99.3 Å². The minimum Gasteiger partial charge on any atom is -0.464 e. The van der Waals surface area contributed by atoms with Crippen LogP contribution in [0.25, 0.3) is 0 Å². The molecule has 0 N–H and O–H groups in total. The van der Waals surface area contributed by atoms with Crippen LogP contribution in [0.3, 0.4) is 0 Å². The number of thiol groups is 1. The first-order chi connectivity index (χ1) is 7.70. The van der Waals surface area contributed by atoms with E-state index >= 15 is 0 Å². The zero-order valence-corrected chi connectivity index (χ0v) is 9.70. The number of rotatable bonds is 1. The number of hydrogen-bond acceptors (Lipinski definition) is 4. The van der Waals surface area contributed by atoms with Crippen LogP contribution >= 0.6 is 12.6 Å². The molecule has 0 unspecified atom stereocenters. The highest BCUT2D eigenvalue weighted by Gasteiger charge is 2.12. The predicted octanol–water partition coefficient (Wildman–Crippen LogP) is 2.33. The predicted molar refractivity (Wildman–Crippen MR) is 65.6 cm³/mol. The van der Waals surface area contributed by atoms with Crippen LogP contribution < -0.4 is 0 Å². The molecule has 0 saturated carbocycles. The second kappa shape index (κ2) is 4.53. The zero-order valence-electron chi connectivity index (χ0n) is 8.80. The molecule has 0 spiro atoms. The number of ether oxygens (including phenoxy) is 1. The number of carbonyl (C=O) groups excluding carboxylic acids is 1. The SMILES string of the molecule is COC(=O)C1=Nc2cc(S)ccc2CC=C1. The molecule has 0 fully saturated rings. The smallest absolute Gasteiger partial charge is 0.356 e. The molecule has 16 heavy (non-hydrogen) atoms. The van der Waals surface area contributed by atoms with E-state index < -0.39 is 5.97 Å². The lowest BCUT2D eigenvalue weighted by molar-refractivity contribution is -0.132. The Morgan fingerprint density at radius 2 is 2.31 bits per heavy atom. The Hall–Kier alpha value is -1.55. The van der Waals surface area contributed by atoms with Gasteiger partial charge >= 0.3 is 5.97 Å². The first-order valence-electron chi connectivity index (χ1n) is 4.86. The van der Waals surface area contributed by atoms with Gasteiger partial charge in [-0.05, 0) is 30.2 Å². The van der Waals surface area contributed by atoms with Crippen molar-refractivity contribution in [2.24, 2.45) is 4.99 Å². The van der Waals surface area contributed by atoms with Gasteiger partial charge in [-0.15, -0.1) is 12.6 Å². The van der Waals surface area contributed by atoms with Crippen molar-refractivity contribution in [2.75, 3.05) is 7.11 Å². The van der Waals surface area contributed by atoms with Gasteiger partial charge < -0.3 is 4.74 Å². The van der Waals surface area contributed by atoms with Gasteiger partial charge in [-0.3, -0.25) is 0 Å². The fourth-order valence-electron chi connectivity index (χ4n) is 1.51. The Kier molecular flexibility index (Phi) is 3.10. The number of carbonyl (C=O) groups is 1. The van der Waals surface area contributed by atoms with E-state index in [1.54, 1.807) is 6.08 Å². The summed E-state index contributed by atoms with van der Waals surface area (Å²) in [5.74, 6) is -0.423. The molecule has 3 nitrogen and oxygen atoms in total. The maximum Gasteiger partial charge on any atom is 0.356 e. The minimum atomic E-state index is -0.423. The molecule has 1 aromatic carbocycles. The first-order valence-corrected chi connectivity index (χ1v) is 5.31. The van der Waals surface area contributed by atoms with Gasteiger partial charge in [0.15, 0.2) is 0 Å². The van der Waals surface area contributed by atoms with Crippen LogP contribution in [0.4, 0.5) is 5.69 Å². The van der Waals surface area contributed by atoms with E-state index in [0.29, 0.717) is 5.71 Å². The monoisotopic (exact) mass is 233 g/mol. The molecule has 1 aromatic rings. The lowest BCUT2D eigenvalue weighted by atomic mass is 10.1. The Bertz CT molecular complexity index is 492. The summed E-state index contributed by atoms with van der Waals surface area (Å²) in [6, 6.07) is 5.72. The molecule has 0 aliphatic carbocycles. The van der Waals surface area contributed by atoms with Crippen molar-refractivity contribution in [1.29, 1.82) is 0 Å². The van der Waals surface area contributed by atoms with E-state index in [1.165, 1.54) is 7.11 Å². The quantitative estimate of drug-likeness (QED) is 0.597. The van der Waals surface area contributed by atoms with Crippen LogP contribution in [0, 0.1) is 0 Å². The maximum absolute atomic E-state index is 11.4. The van der Waals surface area contributed by atoms with Crippen molar-refractivity contribution in [1.82, 2.24) is 0 Å². The molecule has 4 heteroatoms. The Balaban J connectivity index is 2.48. The highest BCUT2D eigenvalue weighted by Crippen LogP contribution is 2.25. The van der Waals surface area contributed by atoms with E-state index in [9.17, 15) is 4.79 Å². The van der Waals surface area contributed by atoms with E-state index in [2.05, 4.69) is 22.4 Å². The zero-order chi connectivity index (χ0) is 11.5. The van der Waals surface area contributed by atoms with Crippen LogP contribution in [0.1, 0.15) is 5.56 Å². The number of nitrogens with zero attached hydrogens (tertiary/aromatic N) is 1. The number of aliphatic imine (C=N–C) groups is 1. The molecule has 0 atom stereocenters. The van der Waals surface area contributed by atoms with Crippen molar-refractivity contribution in [3.8, 4) is 0 Å². The highest BCUT2D eigenvalue weighted by molar-refractivity contribution is 7.80. The number of fused-ring (bicyclic) bond motifs is 1. The van der Waals surface area contributed by atoms with Crippen molar-refractivity contribution in [2.45, 2.75) is 11.3 Å². The second-order valence-corrected chi connectivity index (χ2v) is 3.92. The summed E-state index contributed by atoms with van der Waals surface area (Å²) in [7, 11) is 1.35. The fraction of sp³-hybridized carbons (Fsp3) is 0.167. The third kappa shape index (κ3) is 2.17. The molecule has 82 valence electrons. The topological polar surface area (TPSA) is 38.7 Å². The van der Waals surface area contributed by atoms with Crippen molar-refractivity contribution >= 4 is 30.0 Å². The lowest BCUT2D eigenvalue weighted by Crippen LogP contribution is -2.12. The number of methoxy groups -OCH3 is 1. The third-order valence-corrected chi connectivity index (χ3v) is 2.60. The number of hydrogen-bond donors (Lipinski definition) is 1. The Morgan fingerprint density at radius 1 is 1.50 bits per heavy atom. The van der Waals surface area contributed by atoms with E-state index in [4.69, 9.17) is 0 Å². The number of allylic oxidation sites excluding steroid dienone is 1. The molecule has 0 radical (unpaired) electrons. The van der Waals surface area contributed by atoms with Crippen molar-refractivity contribution in [3.63, 3.8) is 0 Å². The summed E-state index contributed by atoms with van der Waals surface area (Å²) >= 11 is 4.25. The summed E-state index contributed by atoms with van der Waals surface area (Å²) < 4.78 is 4.65. The van der Waals surface area contributed by atoms with E-state index in [0.717, 1.165) is 22.6 Å². The third-order valence-electron chi connectivity index (χ3n) is 2.32. The minimum absolute atomic E-state index is 0.320. The molecule has 1 heterocycles. The Morgan fingerprint density at radius 3 is 3.06 bits per heavy atom. The van der Waals surface area contributed by atoms with Gasteiger partial charge in [0.05, 0.1) is 12.8 Å².